The van der Waals surface area contributed by atoms with Gasteiger partial charge in [0, 0.05) is 12.1 Å². The minimum absolute atomic E-state index is 0.0369. The van der Waals surface area contributed by atoms with Crippen LogP contribution in [0.15, 0.2) is 0 Å². The van der Waals surface area contributed by atoms with Gasteiger partial charge in [-0.05, 0) is 38.0 Å². The molecule has 3 N–H and O–H groups in total. The molecule has 106 valence electrons. The smallest absolute Gasteiger partial charge is 0.233 e. The summed E-state index contributed by atoms with van der Waals surface area (Å²) in [7, 11) is 0. The number of hydrogen-bond acceptors (Lipinski definition) is 3. The number of unbranched alkanes of at least 4 members (excludes halogenated alkanes) is 1. The van der Waals surface area contributed by atoms with E-state index in [1.807, 2.05) is 0 Å². The van der Waals surface area contributed by atoms with Gasteiger partial charge in [0.25, 0.3) is 0 Å². The van der Waals surface area contributed by atoms with Crippen LogP contribution in [0.2, 0.25) is 0 Å². The number of hydrogen-bond donors (Lipinski definition) is 3. The van der Waals surface area contributed by atoms with Gasteiger partial charge in [0.2, 0.25) is 5.91 Å². The van der Waals surface area contributed by atoms with Gasteiger partial charge in [-0.2, -0.15) is 0 Å². The first kappa shape index (κ1) is 15.4. The zero-order chi connectivity index (χ0) is 13.4. The molecule has 1 amide bonds. The van der Waals surface area contributed by atoms with Gasteiger partial charge in [-0.25, -0.2) is 0 Å². The fourth-order valence-corrected chi connectivity index (χ4v) is 2.44. The van der Waals surface area contributed by atoms with Gasteiger partial charge in [0.1, 0.15) is 0 Å². The number of aliphatic hydroxyl groups excluding tert-OH is 1. The Kier molecular flexibility index (Phi) is 6.65. The van der Waals surface area contributed by atoms with Crippen LogP contribution >= 0.6 is 0 Å². The van der Waals surface area contributed by atoms with Crippen LogP contribution in [0.1, 0.15) is 52.4 Å². The molecule has 0 aliphatic heterocycles. The average molecular weight is 256 g/mol. The van der Waals surface area contributed by atoms with Crippen molar-refractivity contribution in [1.29, 1.82) is 0 Å². The lowest BCUT2D eigenvalue weighted by Crippen LogP contribution is -2.53. The van der Waals surface area contributed by atoms with E-state index in [2.05, 4.69) is 24.5 Å². The fourth-order valence-electron chi connectivity index (χ4n) is 2.44. The molecule has 0 aromatic heterocycles. The fraction of sp³-hybridized carbons (Fsp3) is 0.929. The summed E-state index contributed by atoms with van der Waals surface area (Å²) in [5, 5.41) is 15.7. The predicted octanol–water partition coefficient (Wildman–Crippen LogP) is 1.43. The van der Waals surface area contributed by atoms with Crippen molar-refractivity contribution >= 4 is 5.91 Å². The Hall–Kier alpha value is -0.610. The zero-order valence-corrected chi connectivity index (χ0v) is 11.8. The molecule has 0 aromatic rings. The first-order valence-electron chi connectivity index (χ1n) is 7.24. The van der Waals surface area contributed by atoms with Crippen LogP contribution in [0.25, 0.3) is 0 Å². The lowest BCUT2D eigenvalue weighted by atomic mass is 9.77. The van der Waals surface area contributed by atoms with E-state index in [0.717, 1.165) is 51.0 Å². The molecule has 1 aliphatic rings. The van der Waals surface area contributed by atoms with Crippen molar-refractivity contribution in [2.45, 2.75) is 57.9 Å². The van der Waals surface area contributed by atoms with E-state index in [-0.39, 0.29) is 18.1 Å². The van der Waals surface area contributed by atoms with Crippen molar-refractivity contribution in [3.05, 3.63) is 0 Å². The SMILES string of the molecule is CCCCNC(=O)CNC1(CO)CCC(C)CC1. The molecule has 1 rings (SSSR count). The number of rotatable bonds is 7. The maximum absolute atomic E-state index is 11.6. The first-order chi connectivity index (χ1) is 8.62. The van der Waals surface area contributed by atoms with E-state index < -0.39 is 0 Å². The standard InChI is InChI=1S/C14H28N2O2/c1-3-4-9-15-13(18)10-16-14(11-17)7-5-12(2)6-8-14/h12,16-17H,3-11H2,1-2H3,(H,15,18). The van der Waals surface area contributed by atoms with Crippen LogP contribution in [0.5, 0.6) is 0 Å². The number of carbonyl (C=O) groups excluding carboxylic acids is 1. The van der Waals surface area contributed by atoms with Gasteiger partial charge < -0.3 is 15.7 Å². The number of aliphatic hydroxyl groups is 1. The quantitative estimate of drug-likeness (QED) is 0.604. The van der Waals surface area contributed by atoms with Crippen molar-refractivity contribution in [3.8, 4) is 0 Å². The first-order valence-corrected chi connectivity index (χ1v) is 7.24. The van der Waals surface area contributed by atoms with Gasteiger partial charge in [-0.15, -0.1) is 0 Å². The molecular weight excluding hydrogens is 228 g/mol. The molecule has 0 saturated heterocycles. The van der Waals surface area contributed by atoms with Crippen LogP contribution in [0.3, 0.4) is 0 Å². The topological polar surface area (TPSA) is 61.4 Å². The summed E-state index contributed by atoms with van der Waals surface area (Å²) in [5.74, 6) is 0.778. The third kappa shape index (κ3) is 4.94. The van der Waals surface area contributed by atoms with Crippen LogP contribution in [0.4, 0.5) is 0 Å². The van der Waals surface area contributed by atoms with Gasteiger partial charge in [0.05, 0.1) is 13.2 Å². The van der Waals surface area contributed by atoms with E-state index >= 15 is 0 Å². The average Bonchev–Trinajstić information content (AvgIpc) is 2.39. The highest BCUT2D eigenvalue weighted by Gasteiger charge is 2.33. The second-order valence-corrected chi connectivity index (χ2v) is 5.68. The van der Waals surface area contributed by atoms with Crippen LogP contribution in [-0.2, 0) is 4.79 Å². The van der Waals surface area contributed by atoms with Gasteiger partial charge in [0.15, 0.2) is 0 Å². The summed E-state index contributed by atoms with van der Waals surface area (Å²) in [5.41, 5.74) is -0.228. The third-order valence-electron chi connectivity index (χ3n) is 4.01. The molecule has 0 spiro atoms. The molecule has 0 atom stereocenters. The minimum Gasteiger partial charge on any atom is -0.394 e. The highest BCUT2D eigenvalue weighted by atomic mass is 16.3. The molecule has 4 heteroatoms. The van der Waals surface area contributed by atoms with E-state index in [1.165, 1.54) is 0 Å². The summed E-state index contributed by atoms with van der Waals surface area (Å²) in [4.78, 5) is 11.6. The molecule has 4 nitrogen and oxygen atoms in total. The van der Waals surface area contributed by atoms with Crippen LogP contribution in [-0.4, -0.2) is 36.2 Å². The number of carbonyl (C=O) groups is 1. The summed E-state index contributed by atoms with van der Waals surface area (Å²) in [6.45, 7) is 5.55. The largest absolute Gasteiger partial charge is 0.394 e. The third-order valence-corrected chi connectivity index (χ3v) is 4.01. The Morgan fingerprint density at radius 3 is 2.61 bits per heavy atom. The molecule has 0 unspecified atom stereocenters. The highest BCUT2D eigenvalue weighted by molar-refractivity contribution is 5.78. The molecule has 1 fully saturated rings. The van der Waals surface area contributed by atoms with E-state index in [4.69, 9.17) is 0 Å². The van der Waals surface area contributed by atoms with E-state index in [1.54, 1.807) is 0 Å². The van der Waals surface area contributed by atoms with Crippen LogP contribution in [0, 0.1) is 5.92 Å². The Morgan fingerprint density at radius 2 is 2.06 bits per heavy atom. The Morgan fingerprint density at radius 1 is 1.39 bits per heavy atom. The summed E-state index contributed by atoms with van der Waals surface area (Å²) in [6, 6.07) is 0. The Labute approximate surface area is 111 Å². The summed E-state index contributed by atoms with van der Waals surface area (Å²) >= 11 is 0. The monoisotopic (exact) mass is 256 g/mol. The summed E-state index contributed by atoms with van der Waals surface area (Å²) < 4.78 is 0. The van der Waals surface area contributed by atoms with Crippen molar-refractivity contribution in [2.24, 2.45) is 5.92 Å². The van der Waals surface area contributed by atoms with Crippen molar-refractivity contribution in [2.75, 3.05) is 19.7 Å². The lowest BCUT2D eigenvalue weighted by Gasteiger charge is -2.38. The number of nitrogens with one attached hydrogen (secondary N) is 2. The molecule has 18 heavy (non-hydrogen) atoms. The number of amides is 1. The van der Waals surface area contributed by atoms with E-state index in [0.29, 0.717) is 6.54 Å². The van der Waals surface area contributed by atoms with Gasteiger partial charge in [-0.3, -0.25) is 4.79 Å². The molecule has 0 bridgehead atoms. The van der Waals surface area contributed by atoms with Gasteiger partial charge in [-0.1, -0.05) is 20.3 Å². The summed E-state index contributed by atoms with van der Waals surface area (Å²) in [6.07, 6.45) is 6.30. The normalized spacial score (nSPS) is 28.1. The minimum atomic E-state index is -0.228. The highest BCUT2D eigenvalue weighted by Crippen LogP contribution is 2.31. The molecule has 0 heterocycles. The van der Waals surface area contributed by atoms with Crippen molar-refractivity contribution < 1.29 is 9.90 Å². The molecule has 1 aliphatic carbocycles. The maximum atomic E-state index is 11.6. The predicted molar refractivity (Wildman–Crippen MR) is 73.4 cm³/mol. The maximum Gasteiger partial charge on any atom is 0.233 e. The lowest BCUT2D eigenvalue weighted by molar-refractivity contribution is -0.120. The second-order valence-electron chi connectivity index (χ2n) is 5.68. The van der Waals surface area contributed by atoms with Crippen LogP contribution < -0.4 is 10.6 Å². The zero-order valence-electron chi connectivity index (χ0n) is 11.8. The second kappa shape index (κ2) is 7.74. The molecule has 1 saturated carbocycles. The Balaban J connectivity index is 2.28. The molecule has 0 radical (unpaired) electrons. The van der Waals surface area contributed by atoms with Gasteiger partial charge >= 0.3 is 0 Å². The van der Waals surface area contributed by atoms with E-state index in [9.17, 15) is 9.90 Å². The Bertz CT molecular complexity index is 248. The van der Waals surface area contributed by atoms with Crippen molar-refractivity contribution in [3.63, 3.8) is 0 Å². The molecular formula is C14H28N2O2. The molecule has 0 aromatic carbocycles. The van der Waals surface area contributed by atoms with Crippen molar-refractivity contribution in [1.82, 2.24) is 10.6 Å².